The maximum Gasteiger partial charge on any atom is 0.274 e. The van der Waals surface area contributed by atoms with Crippen LogP contribution in [0.2, 0.25) is 0 Å². The Morgan fingerprint density at radius 2 is 2.31 bits per heavy atom. The van der Waals surface area contributed by atoms with Crippen LogP contribution in [0.1, 0.15) is 49.3 Å². The maximum absolute atomic E-state index is 12.1. The fourth-order valence-corrected chi connectivity index (χ4v) is 1.97. The second-order valence-electron chi connectivity index (χ2n) is 4.35. The van der Waals surface area contributed by atoms with Crippen molar-refractivity contribution in [1.82, 2.24) is 15.1 Å². The Bertz CT molecular complexity index is 368. The van der Waals surface area contributed by atoms with E-state index in [9.17, 15) is 4.79 Å². The second kappa shape index (κ2) is 4.68. The van der Waals surface area contributed by atoms with E-state index in [1.165, 1.54) is 0 Å². The van der Waals surface area contributed by atoms with Gasteiger partial charge in [0.15, 0.2) is 0 Å². The summed E-state index contributed by atoms with van der Waals surface area (Å²) in [5.74, 6) is 0.0728. The number of carbonyl (C=O) groups excluding carboxylic acids is 1. The lowest BCUT2D eigenvalue weighted by Gasteiger charge is -2.18. The summed E-state index contributed by atoms with van der Waals surface area (Å²) in [6, 6.07) is 2.35. The van der Waals surface area contributed by atoms with Crippen LogP contribution in [-0.2, 0) is 6.42 Å². The molecular formula is C12H19N3O. The molecule has 1 N–H and O–H groups in total. The fourth-order valence-electron chi connectivity index (χ4n) is 1.97. The molecule has 0 bridgehead atoms. The number of nitrogens with zero attached hydrogens (tertiary/aromatic N) is 2. The molecule has 0 radical (unpaired) electrons. The molecule has 0 saturated heterocycles. The van der Waals surface area contributed by atoms with Gasteiger partial charge in [-0.05, 0) is 32.3 Å². The highest BCUT2D eigenvalue weighted by molar-refractivity contribution is 5.92. The Labute approximate surface area is 96.0 Å². The van der Waals surface area contributed by atoms with Gasteiger partial charge in [-0.3, -0.25) is 9.89 Å². The number of hydrogen-bond acceptors (Lipinski definition) is 2. The molecule has 1 fully saturated rings. The van der Waals surface area contributed by atoms with Crippen LogP contribution in [0.4, 0.5) is 0 Å². The average Bonchev–Trinajstić information content (AvgIpc) is 2.99. The first-order chi connectivity index (χ1) is 7.76. The lowest BCUT2D eigenvalue weighted by molar-refractivity contribution is 0.0746. The molecule has 4 nitrogen and oxygen atoms in total. The van der Waals surface area contributed by atoms with Gasteiger partial charge in [0.1, 0.15) is 5.69 Å². The number of hydrogen-bond donors (Lipinski definition) is 1. The first-order valence-electron chi connectivity index (χ1n) is 6.11. The van der Waals surface area contributed by atoms with Crippen molar-refractivity contribution >= 4 is 5.91 Å². The number of aromatic amines is 1. The van der Waals surface area contributed by atoms with Crippen molar-refractivity contribution < 1.29 is 4.79 Å². The van der Waals surface area contributed by atoms with Gasteiger partial charge in [-0.15, -0.1) is 0 Å². The number of nitrogens with one attached hydrogen (secondary N) is 1. The van der Waals surface area contributed by atoms with Crippen molar-refractivity contribution in [3.05, 3.63) is 17.5 Å². The van der Waals surface area contributed by atoms with Gasteiger partial charge in [0.05, 0.1) is 0 Å². The fraction of sp³-hybridized carbons (Fsp3) is 0.667. The predicted octanol–water partition coefficient (Wildman–Crippen LogP) is 1.99. The first kappa shape index (κ1) is 11.2. The van der Waals surface area contributed by atoms with E-state index >= 15 is 0 Å². The van der Waals surface area contributed by atoms with E-state index in [0.717, 1.165) is 37.9 Å². The van der Waals surface area contributed by atoms with Crippen molar-refractivity contribution in [1.29, 1.82) is 0 Å². The quantitative estimate of drug-likeness (QED) is 0.826. The molecule has 1 aromatic rings. The third kappa shape index (κ3) is 2.26. The van der Waals surface area contributed by atoms with E-state index in [1.807, 2.05) is 17.9 Å². The smallest absolute Gasteiger partial charge is 0.274 e. The van der Waals surface area contributed by atoms with Crippen LogP contribution in [0.3, 0.4) is 0 Å². The Morgan fingerprint density at radius 3 is 2.88 bits per heavy atom. The molecule has 1 aliphatic carbocycles. The number of carbonyl (C=O) groups is 1. The highest BCUT2D eigenvalue weighted by Gasteiger charge is 2.32. The van der Waals surface area contributed by atoms with Crippen LogP contribution in [0.5, 0.6) is 0 Å². The largest absolute Gasteiger partial charge is 0.335 e. The van der Waals surface area contributed by atoms with Crippen LogP contribution in [0.25, 0.3) is 0 Å². The van der Waals surface area contributed by atoms with Gasteiger partial charge in [0.25, 0.3) is 5.91 Å². The van der Waals surface area contributed by atoms with Crippen molar-refractivity contribution in [2.75, 3.05) is 6.54 Å². The van der Waals surface area contributed by atoms with Gasteiger partial charge in [0, 0.05) is 18.3 Å². The molecular weight excluding hydrogens is 202 g/mol. The van der Waals surface area contributed by atoms with E-state index in [1.54, 1.807) is 0 Å². The zero-order valence-electron chi connectivity index (χ0n) is 9.99. The molecule has 0 atom stereocenters. The molecule has 16 heavy (non-hydrogen) atoms. The summed E-state index contributed by atoms with van der Waals surface area (Å²) in [6.07, 6.45) is 4.31. The molecule has 0 aromatic carbocycles. The lowest BCUT2D eigenvalue weighted by atomic mass is 10.2. The van der Waals surface area contributed by atoms with Gasteiger partial charge >= 0.3 is 0 Å². The van der Waals surface area contributed by atoms with E-state index in [2.05, 4.69) is 17.1 Å². The summed E-state index contributed by atoms with van der Waals surface area (Å²) >= 11 is 0. The Balaban J connectivity index is 2.06. The SMILES string of the molecule is CCCc1cc(C(=O)N(CC)C2CC2)n[nH]1. The average molecular weight is 221 g/mol. The molecule has 0 unspecified atom stereocenters. The molecule has 88 valence electrons. The lowest BCUT2D eigenvalue weighted by Crippen LogP contribution is -2.33. The second-order valence-corrected chi connectivity index (χ2v) is 4.35. The minimum atomic E-state index is 0.0728. The van der Waals surface area contributed by atoms with E-state index in [0.29, 0.717) is 11.7 Å². The Kier molecular flexibility index (Phi) is 3.27. The predicted molar refractivity (Wildman–Crippen MR) is 62.3 cm³/mol. The maximum atomic E-state index is 12.1. The number of aryl methyl sites for hydroxylation is 1. The van der Waals surface area contributed by atoms with Gasteiger partial charge in [-0.25, -0.2) is 0 Å². The van der Waals surface area contributed by atoms with Gasteiger partial charge in [0.2, 0.25) is 0 Å². The molecule has 1 amide bonds. The molecule has 4 heteroatoms. The van der Waals surface area contributed by atoms with Gasteiger partial charge in [-0.2, -0.15) is 5.10 Å². The van der Waals surface area contributed by atoms with Crippen LogP contribution >= 0.6 is 0 Å². The Hall–Kier alpha value is -1.32. The monoisotopic (exact) mass is 221 g/mol. The third-order valence-electron chi connectivity index (χ3n) is 2.96. The van der Waals surface area contributed by atoms with E-state index in [4.69, 9.17) is 0 Å². The standard InChI is InChI=1S/C12H19N3O/c1-3-5-9-8-11(14-13-9)12(16)15(4-2)10-6-7-10/h8,10H,3-7H2,1-2H3,(H,13,14). The minimum absolute atomic E-state index is 0.0728. The number of rotatable bonds is 5. The minimum Gasteiger partial charge on any atom is -0.335 e. The summed E-state index contributed by atoms with van der Waals surface area (Å²) in [7, 11) is 0. The molecule has 1 aromatic heterocycles. The summed E-state index contributed by atoms with van der Waals surface area (Å²) in [4.78, 5) is 14.0. The van der Waals surface area contributed by atoms with Crippen LogP contribution in [0, 0.1) is 0 Å². The number of aromatic nitrogens is 2. The molecule has 2 rings (SSSR count). The van der Waals surface area contributed by atoms with Crippen molar-refractivity contribution in [3.63, 3.8) is 0 Å². The molecule has 0 spiro atoms. The molecule has 1 heterocycles. The zero-order valence-corrected chi connectivity index (χ0v) is 9.99. The highest BCUT2D eigenvalue weighted by atomic mass is 16.2. The first-order valence-corrected chi connectivity index (χ1v) is 6.11. The van der Waals surface area contributed by atoms with Crippen LogP contribution in [0.15, 0.2) is 6.07 Å². The normalized spacial score (nSPS) is 15.1. The van der Waals surface area contributed by atoms with Crippen molar-refractivity contribution in [2.24, 2.45) is 0 Å². The summed E-state index contributed by atoms with van der Waals surface area (Å²) < 4.78 is 0. The summed E-state index contributed by atoms with van der Waals surface area (Å²) in [5.41, 5.74) is 1.62. The number of H-pyrrole nitrogens is 1. The van der Waals surface area contributed by atoms with E-state index in [-0.39, 0.29) is 5.91 Å². The van der Waals surface area contributed by atoms with Gasteiger partial charge < -0.3 is 4.90 Å². The molecule has 0 aliphatic heterocycles. The van der Waals surface area contributed by atoms with E-state index < -0.39 is 0 Å². The molecule has 1 saturated carbocycles. The summed E-state index contributed by atoms with van der Waals surface area (Å²) in [6.45, 7) is 4.92. The topological polar surface area (TPSA) is 49.0 Å². The summed E-state index contributed by atoms with van der Waals surface area (Å²) in [5, 5.41) is 7.03. The van der Waals surface area contributed by atoms with Crippen LogP contribution in [-0.4, -0.2) is 33.6 Å². The third-order valence-corrected chi connectivity index (χ3v) is 2.96. The zero-order chi connectivity index (χ0) is 11.5. The number of amides is 1. The van der Waals surface area contributed by atoms with Crippen LogP contribution < -0.4 is 0 Å². The molecule has 1 aliphatic rings. The van der Waals surface area contributed by atoms with Crippen molar-refractivity contribution in [2.45, 2.75) is 45.6 Å². The van der Waals surface area contributed by atoms with Crippen molar-refractivity contribution in [3.8, 4) is 0 Å². The Morgan fingerprint density at radius 1 is 1.56 bits per heavy atom. The van der Waals surface area contributed by atoms with Gasteiger partial charge in [-0.1, -0.05) is 13.3 Å². The highest BCUT2D eigenvalue weighted by Crippen LogP contribution is 2.27.